The molecule has 0 fully saturated rings. The molecule has 76 valence electrons. The first-order valence-electron chi connectivity index (χ1n) is 4.88. The largest absolute Gasteiger partial charge is 0.502 e. The Morgan fingerprint density at radius 2 is 2.07 bits per heavy atom. The molecule has 0 radical (unpaired) electrons. The van der Waals surface area contributed by atoms with Gasteiger partial charge in [-0.15, -0.1) is 11.8 Å². The van der Waals surface area contributed by atoms with Crippen molar-refractivity contribution in [2.75, 3.05) is 12.4 Å². The molecule has 0 bridgehead atoms. The summed E-state index contributed by atoms with van der Waals surface area (Å²) in [4.78, 5) is 1.33. The molecule has 0 heterocycles. The summed E-state index contributed by atoms with van der Waals surface area (Å²) in [5, 5.41) is 0. The first-order chi connectivity index (χ1) is 6.93. The minimum Gasteiger partial charge on any atom is -0.502 e. The molecule has 1 rings (SSSR count). The zero-order valence-corrected chi connectivity index (χ0v) is 9.30. The molecule has 0 aliphatic heterocycles. The van der Waals surface area contributed by atoms with E-state index in [0.717, 1.165) is 18.8 Å². The highest BCUT2D eigenvalue weighted by Gasteiger charge is 1.89. The molecule has 1 aromatic carbocycles. The number of thioether (sulfide) groups is 1. The van der Waals surface area contributed by atoms with Gasteiger partial charge in [-0.2, -0.15) is 0 Å². The van der Waals surface area contributed by atoms with Crippen LogP contribution < -0.4 is 0 Å². The lowest BCUT2D eigenvalue weighted by molar-refractivity contribution is 0.268. The second kappa shape index (κ2) is 7.51. The van der Waals surface area contributed by atoms with Crippen molar-refractivity contribution in [3.8, 4) is 0 Å². The average molecular weight is 208 g/mol. The van der Waals surface area contributed by atoms with Crippen molar-refractivity contribution in [3.05, 3.63) is 42.7 Å². The van der Waals surface area contributed by atoms with Crippen molar-refractivity contribution in [3.63, 3.8) is 0 Å². The summed E-state index contributed by atoms with van der Waals surface area (Å²) in [5.74, 6) is 1.10. The van der Waals surface area contributed by atoms with Crippen LogP contribution in [0.1, 0.15) is 13.3 Å². The molecule has 0 amide bonds. The van der Waals surface area contributed by atoms with E-state index in [1.807, 2.05) is 24.8 Å². The Balaban J connectivity index is 2.10. The second-order valence-electron chi connectivity index (χ2n) is 2.78. The average Bonchev–Trinajstić information content (AvgIpc) is 2.25. The van der Waals surface area contributed by atoms with E-state index in [0.29, 0.717) is 0 Å². The van der Waals surface area contributed by atoms with Crippen molar-refractivity contribution in [1.29, 1.82) is 0 Å². The number of ether oxygens (including phenoxy) is 1. The molecule has 0 aromatic heterocycles. The normalized spacial score (nSPS) is 10.6. The lowest BCUT2D eigenvalue weighted by Gasteiger charge is -1.98. The lowest BCUT2D eigenvalue weighted by atomic mass is 10.4. The van der Waals surface area contributed by atoms with Crippen LogP contribution in [0, 0.1) is 0 Å². The molecular formula is C12H16OS. The number of benzene rings is 1. The number of hydrogen-bond donors (Lipinski definition) is 0. The Labute approximate surface area is 90.2 Å². The fourth-order valence-electron chi connectivity index (χ4n) is 0.994. The lowest BCUT2D eigenvalue weighted by Crippen LogP contribution is -1.79. The van der Waals surface area contributed by atoms with Gasteiger partial charge in [0.15, 0.2) is 0 Å². The summed E-state index contributed by atoms with van der Waals surface area (Å²) < 4.78 is 5.10. The van der Waals surface area contributed by atoms with Crippen molar-refractivity contribution in [2.24, 2.45) is 0 Å². The van der Waals surface area contributed by atoms with Crippen molar-refractivity contribution in [2.45, 2.75) is 18.2 Å². The molecule has 0 aliphatic carbocycles. The topological polar surface area (TPSA) is 9.23 Å². The van der Waals surface area contributed by atoms with E-state index in [1.54, 1.807) is 6.26 Å². The van der Waals surface area contributed by atoms with Crippen LogP contribution in [0.2, 0.25) is 0 Å². The Morgan fingerprint density at radius 1 is 1.29 bits per heavy atom. The predicted octanol–water partition coefficient (Wildman–Crippen LogP) is 3.72. The SMILES string of the molecule is CCO/C=C/CCSc1ccccc1. The predicted molar refractivity (Wildman–Crippen MR) is 62.5 cm³/mol. The zero-order chi connectivity index (χ0) is 10.1. The molecule has 14 heavy (non-hydrogen) atoms. The molecular weight excluding hydrogens is 192 g/mol. The summed E-state index contributed by atoms with van der Waals surface area (Å²) in [6.45, 7) is 2.74. The van der Waals surface area contributed by atoms with Crippen LogP contribution in [-0.4, -0.2) is 12.4 Å². The highest BCUT2D eigenvalue weighted by atomic mass is 32.2. The fourth-order valence-corrected chi connectivity index (χ4v) is 1.83. The van der Waals surface area contributed by atoms with Crippen LogP contribution in [0.25, 0.3) is 0 Å². The number of rotatable bonds is 6. The van der Waals surface area contributed by atoms with Gasteiger partial charge < -0.3 is 4.74 Å². The van der Waals surface area contributed by atoms with Crippen molar-refractivity contribution >= 4 is 11.8 Å². The Hall–Kier alpha value is -0.890. The molecule has 0 N–H and O–H groups in total. The van der Waals surface area contributed by atoms with Crippen LogP contribution in [0.4, 0.5) is 0 Å². The fraction of sp³-hybridized carbons (Fsp3) is 0.333. The van der Waals surface area contributed by atoms with Gasteiger partial charge in [-0.25, -0.2) is 0 Å². The van der Waals surface area contributed by atoms with Crippen LogP contribution in [0.3, 0.4) is 0 Å². The minimum absolute atomic E-state index is 0.752. The van der Waals surface area contributed by atoms with E-state index >= 15 is 0 Å². The van der Waals surface area contributed by atoms with Crippen LogP contribution >= 0.6 is 11.8 Å². The van der Waals surface area contributed by atoms with Gasteiger partial charge in [-0.05, 0) is 31.6 Å². The first-order valence-corrected chi connectivity index (χ1v) is 5.86. The van der Waals surface area contributed by atoms with Gasteiger partial charge in [0.25, 0.3) is 0 Å². The van der Waals surface area contributed by atoms with Gasteiger partial charge in [0.05, 0.1) is 12.9 Å². The third kappa shape index (κ3) is 4.97. The maximum absolute atomic E-state index is 5.10. The van der Waals surface area contributed by atoms with Crippen molar-refractivity contribution in [1.82, 2.24) is 0 Å². The smallest absolute Gasteiger partial charge is 0.0845 e. The van der Waals surface area contributed by atoms with Crippen molar-refractivity contribution < 1.29 is 4.74 Å². The van der Waals surface area contributed by atoms with Gasteiger partial charge in [-0.1, -0.05) is 18.2 Å². The molecule has 1 nitrogen and oxygen atoms in total. The van der Waals surface area contributed by atoms with E-state index in [4.69, 9.17) is 4.74 Å². The van der Waals surface area contributed by atoms with Gasteiger partial charge in [0, 0.05) is 10.6 Å². The molecule has 0 unspecified atom stereocenters. The quantitative estimate of drug-likeness (QED) is 0.400. The standard InChI is InChI=1S/C12H16OS/c1-2-13-10-6-7-11-14-12-8-4-3-5-9-12/h3-6,8-10H,2,7,11H2,1H3/b10-6+. The van der Waals surface area contributed by atoms with Gasteiger partial charge in [0.1, 0.15) is 0 Å². The molecule has 0 atom stereocenters. The third-order valence-electron chi connectivity index (χ3n) is 1.66. The molecule has 0 spiro atoms. The summed E-state index contributed by atoms with van der Waals surface area (Å²) in [7, 11) is 0. The molecule has 1 aromatic rings. The maximum Gasteiger partial charge on any atom is 0.0845 e. The summed E-state index contributed by atoms with van der Waals surface area (Å²) in [5.41, 5.74) is 0. The van der Waals surface area contributed by atoms with E-state index < -0.39 is 0 Å². The van der Waals surface area contributed by atoms with Gasteiger partial charge >= 0.3 is 0 Å². The van der Waals surface area contributed by atoms with E-state index in [9.17, 15) is 0 Å². The Bertz CT molecular complexity index is 256. The Kier molecular flexibility index (Phi) is 6.00. The van der Waals surface area contributed by atoms with E-state index in [1.165, 1.54) is 4.90 Å². The van der Waals surface area contributed by atoms with Crippen LogP contribution in [0.5, 0.6) is 0 Å². The Morgan fingerprint density at radius 3 is 2.79 bits per heavy atom. The first kappa shape index (κ1) is 11.2. The zero-order valence-electron chi connectivity index (χ0n) is 8.48. The summed E-state index contributed by atoms with van der Waals surface area (Å²) in [6.07, 6.45) is 4.91. The van der Waals surface area contributed by atoms with E-state index in [-0.39, 0.29) is 0 Å². The number of allylic oxidation sites excluding steroid dienone is 1. The van der Waals surface area contributed by atoms with E-state index in [2.05, 4.69) is 30.3 Å². The monoisotopic (exact) mass is 208 g/mol. The van der Waals surface area contributed by atoms with Crippen LogP contribution in [-0.2, 0) is 4.74 Å². The maximum atomic E-state index is 5.10. The highest BCUT2D eigenvalue weighted by Crippen LogP contribution is 2.17. The van der Waals surface area contributed by atoms with Gasteiger partial charge in [-0.3, -0.25) is 0 Å². The summed E-state index contributed by atoms with van der Waals surface area (Å²) >= 11 is 1.87. The third-order valence-corrected chi connectivity index (χ3v) is 2.70. The second-order valence-corrected chi connectivity index (χ2v) is 3.95. The number of hydrogen-bond acceptors (Lipinski definition) is 2. The highest BCUT2D eigenvalue weighted by molar-refractivity contribution is 7.99. The van der Waals surface area contributed by atoms with Gasteiger partial charge in [0.2, 0.25) is 0 Å². The molecule has 0 saturated carbocycles. The molecule has 2 heteroatoms. The van der Waals surface area contributed by atoms with Crippen LogP contribution in [0.15, 0.2) is 47.6 Å². The molecule has 0 aliphatic rings. The summed E-state index contributed by atoms with van der Waals surface area (Å²) in [6, 6.07) is 10.4. The minimum atomic E-state index is 0.752. The molecule has 0 saturated heterocycles.